The number of esters is 1. The molecule has 0 aromatic heterocycles. The molecule has 0 radical (unpaired) electrons. The van der Waals surface area contributed by atoms with Gasteiger partial charge in [0.05, 0.1) is 13.2 Å². The molecule has 0 bridgehead atoms. The Hall–Kier alpha value is -1.62. The molecule has 120 valence electrons. The first kappa shape index (κ1) is 18.4. The summed E-state index contributed by atoms with van der Waals surface area (Å²) in [4.78, 5) is 22.4. The molecule has 0 fully saturated rings. The zero-order valence-electron chi connectivity index (χ0n) is 12.9. The summed E-state index contributed by atoms with van der Waals surface area (Å²) in [5.74, 6) is 0.480. The molecule has 0 heterocycles. The van der Waals surface area contributed by atoms with E-state index in [2.05, 4.69) is 15.9 Å². The van der Waals surface area contributed by atoms with Crippen molar-refractivity contribution in [3.05, 3.63) is 35.4 Å². The highest BCUT2D eigenvalue weighted by atomic mass is 79.9. The molecule has 0 saturated carbocycles. The first-order valence-corrected chi connectivity index (χ1v) is 8.35. The van der Waals surface area contributed by atoms with Gasteiger partial charge >= 0.3 is 5.97 Å². The molecule has 1 aromatic carbocycles. The van der Waals surface area contributed by atoms with Crippen LogP contribution in [0.4, 0.5) is 0 Å². The quantitative estimate of drug-likeness (QED) is 0.287. The van der Waals surface area contributed by atoms with Crippen molar-refractivity contribution < 1.29 is 19.1 Å². The normalized spacial score (nSPS) is 10.7. The molecular weight excluding hydrogens is 348 g/mol. The molecule has 5 heteroatoms. The van der Waals surface area contributed by atoms with Gasteiger partial charge in [0.15, 0.2) is 5.78 Å². The van der Waals surface area contributed by atoms with Gasteiger partial charge in [-0.15, -0.1) is 0 Å². The summed E-state index contributed by atoms with van der Waals surface area (Å²) in [6.45, 7) is 4.11. The van der Waals surface area contributed by atoms with Gasteiger partial charge in [-0.2, -0.15) is 0 Å². The highest BCUT2D eigenvalue weighted by Gasteiger charge is 2.07. The average molecular weight is 369 g/mol. The van der Waals surface area contributed by atoms with E-state index in [-0.39, 0.29) is 11.8 Å². The number of rotatable bonds is 9. The Kier molecular flexibility index (Phi) is 8.51. The van der Waals surface area contributed by atoms with Crippen LogP contribution in [-0.4, -0.2) is 25.0 Å². The number of allylic oxidation sites excluding steroid dienone is 1. The molecule has 0 amide bonds. The fraction of sp³-hybridized carbons (Fsp3) is 0.412. The predicted octanol–water partition coefficient (Wildman–Crippen LogP) is 3.91. The van der Waals surface area contributed by atoms with E-state index in [1.165, 1.54) is 13.0 Å². The Morgan fingerprint density at radius 1 is 1.32 bits per heavy atom. The maximum absolute atomic E-state index is 11.3. The Morgan fingerprint density at radius 2 is 2.09 bits per heavy atom. The molecular formula is C17H21BrO4. The van der Waals surface area contributed by atoms with Crippen LogP contribution in [0.25, 0.3) is 6.08 Å². The fourth-order valence-electron chi connectivity index (χ4n) is 1.85. The van der Waals surface area contributed by atoms with Crippen molar-refractivity contribution in [2.75, 3.05) is 13.2 Å². The van der Waals surface area contributed by atoms with Crippen LogP contribution in [0, 0.1) is 0 Å². The molecule has 4 nitrogen and oxygen atoms in total. The summed E-state index contributed by atoms with van der Waals surface area (Å²) in [6.07, 6.45) is 4.21. The van der Waals surface area contributed by atoms with E-state index in [0.29, 0.717) is 37.1 Å². The summed E-state index contributed by atoms with van der Waals surface area (Å²) in [5.41, 5.74) is 1.92. The van der Waals surface area contributed by atoms with Crippen molar-refractivity contribution in [1.82, 2.24) is 0 Å². The molecule has 0 aliphatic heterocycles. The number of hydrogen-bond donors (Lipinski definition) is 0. The van der Waals surface area contributed by atoms with Gasteiger partial charge in [0.1, 0.15) is 5.75 Å². The third kappa shape index (κ3) is 6.43. The number of halogens is 1. The van der Waals surface area contributed by atoms with Gasteiger partial charge in [0, 0.05) is 17.3 Å². The first-order chi connectivity index (χ1) is 10.6. The lowest BCUT2D eigenvalue weighted by Gasteiger charge is -2.12. The van der Waals surface area contributed by atoms with Crippen LogP contribution < -0.4 is 4.74 Å². The maximum Gasteiger partial charge on any atom is 0.305 e. The number of benzene rings is 1. The second-order valence-electron chi connectivity index (χ2n) is 4.66. The van der Waals surface area contributed by atoms with Crippen molar-refractivity contribution in [1.29, 1.82) is 0 Å². The van der Waals surface area contributed by atoms with E-state index in [1.54, 1.807) is 13.0 Å². The lowest BCUT2D eigenvalue weighted by Crippen LogP contribution is -2.07. The topological polar surface area (TPSA) is 52.6 Å². The molecule has 1 rings (SSSR count). The number of ether oxygens (including phenoxy) is 2. The number of hydrogen-bond acceptors (Lipinski definition) is 4. The Morgan fingerprint density at radius 3 is 2.73 bits per heavy atom. The second-order valence-corrected chi connectivity index (χ2v) is 5.22. The number of carbonyl (C=O) groups is 2. The summed E-state index contributed by atoms with van der Waals surface area (Å²) >= 11 is 3.43. The molecule has 0 atom stereocenters. The molecule has 0 saturated heterocycles. The van der Waals surface area contributed by atoms with E-state index >= 15 is 0 Å². The van der Waals surface area contributed by atoms with Crippen LogP contribution >= 0.6 is 15.9 Å². The number of carbonyl (C=O) groups excluding carboxylic acids is 2. The van der Waals surface area contributed by atoms with Gasteiger partial charge in [0.2, 0.25) is 0 Å². The van der Waals surface area contributed by atoms with E-state index in [9.17, 15) is 9.59 Å². The number of alkyl halides is 1. The van der Waals surface area contributed by atoms with Crippen LogP contribution in [0.15, 0.2) is 24.3 Å². The van der Waals surface area contributed by atoms with Gasteiger partial charge in [-0.1, -0.05) is 28.1 Å². The average Bonchev–Trinajstić information content (AvgIpc) is 2.49. The van der Waals surface area contributed by atoms with Crippen LogP contribution in [0.5, 0.6) is 5.75 Å². The summed E-state index contributed by atoms with van der Waals surface area (Å²) < 4.78 is 10.6. The third-order valence-electron chi connectivity index (χ3n) is 2.87. The second kappa shape index (κ2) is 10.2. The third-order valence-corrected chi connectivity index (χ3v) is 3.48. The highest BCUT2D eigenvalue weighted by molar-refractivity contribution is 9.08. The maximum atomic E-state index is 11.3. The molecule has 0 spiro atoms. The SMILES string of the molecule is CCOC(=O)CCCOc1cccc(CBr)c1/C=C/C(C)=O. The van der Waals surface area contributed by atoms with E-state index < -0.39 is 0 Å². The van der Waals surface area contributed by atoms with E-state index in [0.717, 1.165) is 11.1 Å². The van der Waals surface area contributed by atoms with Crippen LogP contribution in [0.2, 0.25) is 0 Å². The standard InChI is InChI=1S/C17H21BrO4/c1-3-21-17(20)8-5-11-22-16-7-4-6-14(12-18)15(16)10-9-13(2)19/h4,6-7,9-10H,3,5,8,11-12H2,1-2H3/b10-9+. The van der Waals surface area contributed by atoms with E-state index in [1.807, 2.05) is 18.2 Å². The van der Waals surface area contributed by atoms with Crippen LogP contribution in [0.1, 0.15) is 37.8 Å². The smallest absolute Gasteiger partial charge is 0.305 e. The summed E-state index contributed by atoms with van der Waals surface area (Å²) in [5, 5.41) is 0.671. The Balaban J connectivity index is 2.69. The minimum absolute atomic E-state index is 0.0161. The molecule has 0 N–H and O–H groups in total. The van der Waals surface area contributed by atoms with Gasteiger partial charge in [-0.05, 0) is 44.1 Å². The van der Waals surface area contributed by atoms with Gasteiger partial charge < -0.3 is 9.47 Å². The lowest BCUT2D eigenvalue weighted by atomic mass is 10.1. The zero-order valence-corrected chi connectivity index (χ0v) is 14.5. The Bertz CT molecular complexity index is 537. The monoisotopic (exact) mass is 368 g/mol. The van der Waals surface area contributed by atoms with Crippen LogP contribution in [-0.2, 0) is 19.7 Å². The van der Waals surface area contributed by atoms with Gasteiger partial charge in [-0.3, -0.25) is 9.59 Å². The summed E-state index contributed by atoms with van der Waals surface area (Å²) in [7, 11) is 0. The highest BCUT2D eigenvalue weighted by Crippen LogP contribution is 2.26. The molecule has 0 aliphatic rings. The first-order valence-electron chi connectivity index (χ1n) is 7.23. The zero-order chi connectivity index (χ0) is 16.4. The fourth-order valence-corrected chi connectivity index (χ4v) is 2.34. The largest absolute Gasteiger partial charge is 0.493 e. The molecule has 1 aromatic rings. The van der Waals surface area contributed by atoms with Crippen LogP contribution in [0.3, 0.4) is 0 Å². The van der Waals surface area contributed by atoms with E-state index in [4.69, 9.17) is 9.47 Å². The van der Waals surface area contributed by atoms with Crippen molar-refractivity contribution in [3.8, 4) is 5.75 Å². The Labute approximate surface area is 139 Å². The molecule has 22 heavy (non-hydrogen) atoms. The molecule has 0 aliphatic carbocycles. The predicted molar refractivity (Wildman–Crippen MR) is 90.2 cm³/mol. The number of ketones is 1. The van der Waals surface area contributed by atoms with Gasteiger partial charge in [0.25, 0.3) is 0 Å². The van der Waals surface area contributed by atoms with Crippen molar-refractivity contribution in [2.45, 2.75) is 32.0 Å². The van der Waals surface area contributed by atoms with Crippen molar-refractivity contribution in [2.24, 2.45) is 0 Å². The molecule has 0 unspecified atom stereocenters. The minimum Gasteiger partial charge on any atom is -0.493 e. The van der Waals surface area contributed by atoms with Crippen molar-refractivity contribution in [3.63, 3.8) is 0 Å². The summed E-state index contributed by atoms with van der Waals surface area (Å²) in [6, 6.07) is 5.73. The van der Waals surface area contributed by atoms with Crippen molar-refractivity contribution >= 4 is 33.8 Å². The van der Waals surface area contributed by atoms with Gasteiger partial charge in [-0.25, -0.2) is 0 Å². The lowest BCUT2D eigenvalue weighted by molar-refractivity contribution is -0.143. The minimum atomic E-state index is -0.211.